The Hall–Kier alpha value is -0.924. The van der Waals surface area contributed by atoms with Crippen LogP contribution in [0.3, 0.4) is 0 Å². The van der Waals surface area contributed by atoms with Crippen molar-refractivity contribution in [3.63, 3.8) is 0 Å². The van der Waals surface area contributed by atoms with E-state index in [1.807, 2.05) is 0 Å². The Kier molecular flexibility index (Phi) is 12.8. The average Bonchev–Trinajstić information content (AvgIpc) is 3.59. The minimum atomic E-state index is -3.18. The van der Waals surface area contributed by atoms with Crippen LogP contribution in [0.5, 0.6) is 0 Å². The SMILES string of the molecule is CC(C)(C)[O-].CS(=O)(=O)n1cc2c(n1)CCC2.CS(=O)(=O)n1cc2c(n1)CCC2.CS(=O)(=O)n1ncc2c1CCC2.[K+]. The summed E-state index contributed by atoms with van der Waals surface area (Å²) in [5.41, 5.74) is 5.26. The Labute approximate surface area is 291 Å². The zero-order chi connectivity index (χ0) is 30.8. The molecule has 13 nitrogen and oxygen atoms in total. The first-order valence-electron chi connectivity index (χ1n) is 13.3. The number of nitrogens with zero attached hydrogens (tertiary/aromatic N) is 6. The van der Waals surface area contributed by atoms with Gasteiger partial charge in [-0.2, -0.15) is 27.6 Å². The molecule has 0 amide bonds. The fourth-order valence-electron chi connectivity index (χ4n) is 4.50. The van der Waals surface area contributed by atoms with Crippen molar-refractivity contribution in [3.8, 4) is 0 Å². The molecule has 0 fully saturated rings. The van der Waals surface area contributed by atoms with Crippen molar-refractivity contribution >= 4 is 30.1 Å². The smallest absolute Gasteiger partial charge is 0.850 e. The summed E-state index contributed by atoms with van der Waals surface area (Å²) in [6.07, 6.45) is 17.2. The van der Waals surface area contributed by atoms with Gasteiger partial charge in [0.25, 0.3) is 30.1 Å². The van der Waals surface area contributed by atoms with E-state index in [0.29, 0.717) is 0 Å². The Balaban J connectivity index is 0.000000202. The van der Waals surface area contributed by atoms with Gasteiger partial charge in [0.2, 0.25) is 0 Å². The second-order valence-electron chi connectivity index (χ2n) is 11.4. The van der Waals surface area contributed by atoms with Crippen LogP contribution >= 0.6 is 0 Å². The molecule has 0 spiro atoms. The van der Waals surface area contributed by atoms with E-state index in [1.54, 1.807) is 39.4 Å². The van der Waals surface area contributed by atoms with E-state index >= 15 is 0 Å². The van der Waals surface area contributed by atoms with Gasteiger partial charge in [0, 0.05) is 12.4 Å². The third-order valence-electron chi connectivity index (χ3n) is 6.21. The molecule has 42 heavy (non-hydrogen) atoms. The van der Waals surface area contributed by atoms with Gasteiger partial charge in [-0.25, -0.2) is 25.3 Å². The van der Waals surface area contributed by atoms with E-state index in [1.165, 1.54) is 6.26 Å². The quantitative estimate of drug-likeness (QED) is 0.275. The van der Waals surface area contributed by atoms with Crippen LogP contribution in [0.25, 0.3) is 0 Å². The molecule has 3 aromatic heterocycles. The van der Waals surface area contributed by atoms with Crippen molar-refractivity contribution in [1.82, 2.24) is 27.6 Å². The minimum Gasteiger partial charge on any atom is -0.850 e. The van der Waals surface area contributed by atoms with Crippen molar-refractivity contribution < 1.29 is 81.7 Å². The van der Waals surface area contributed by atoms with E-state index in [2.05, 4.69) is 15.3 Å². The van der Waals surface area contributed by atoms with E-state index < -0.39 is 35.7 Å². The Morgan fingerprint density at radius 1 is 0.667 bits per heavy atom. The molecule has 0 saturated carbocycles. The van der Waals surface area contributed by atoms with Gasteiger partial charge in [0.1, 0.15) is 0 Å². The van der Waals surface area contributed by atoms with Gasteiger partial charge in [0.05, 0.1) is 42.0 Å². The number of hydrogen-bond donors (Lipinski definition) is 0. The first kappa shape index (κ1) is 37.3. The molecule has 230 valence electrons. The van der Waals surface area contributed by atoms with E-state index in [-0.39, 0.29) is 51.4 Å². The Morgan fingerprint density at radius 3 is 1.40 bits per heavy atom. The van der Waals surface area contributed by atoms with Crippen LogP contribution in [0.1, 0.15) is 73.8 Å². The third kappa shape index (κ3) is 10.9. The minimum absolute atomic E-state index is 0. The topological polar surface area (TPSA) is 179 Å². The number of fused-ring (bicyclic) bond motifs is 3. The first-order valence-corrected chi connectivity index (χ1v) is 18.8. The third-order valence-corrected chi connectivity index (χ3v) is 8.88. The number of aryl methyl sites for hydroxylation is 5. The standard InChI is InChI=1S/3C7H10N2O2S.C4H9O.K/c2*1-12(10,11)9-5-6-3-2-4-7(6)8-9;1-12(10,11)9-7-4-2-3-6(7)5-8-9;1-4(2,3)5;/h3*5H,2-4H2,1H3;1-3H3;/q;;;-1;+1. The second-order valence-corrected chi connectivity index (χ2v) is 16.9. The van der Waals surface area contributed by atoms with Crippen LogP contribution in [-0.4, -0.2) is 77.2 Å². The monoisotopic (exact) mass is 670 g/mol. The molecule has 3 aliphatic rings. The molecule has 0 saturated heterocycles. The average molecular weight is 671 g/mol. The van der Waals surface area contributed by atoms with E-state index in [0.717, 1.165) is 116 Å². The van der Waals surface area contributed by atoms with Crippen LogP contribution in [0.15, 0.2) is 18.6 Å². The van der Waals surface area contributed by atoms with Gasteiger partial charge >= 0.3 is 51.4 Å². The van der Waals surface area contributed by atoms with Gasteiger partial charge in [-0.3, -0.25) is 0 Å². The van der Waals surface area contributed by atoms with Crippen LogP contribution in [0.4, 0.5) is 0 Å². The van der Waals surface area contributed by atoms with Gasteiger partial charge in [0.15, 0.2) is 0 Å². The van der Waals surface area contributed by atoms with Gasteiger partial charge in [-0.05, 0) is 74.5 Å². The fraction of sp³-hybridized carbons (Fsp3) is 0.640. The molecule has 3 heterocycles. The molecule has 0 atom stereocenters. The van der Waals surface area contributed by atoms with Crippen molar-refractivity contribution in [1.29, 1.82) is 0 Å². The summed E-state index contributed by atoms with van der Waals surface area (Å²) in [6.45, 7) is 4.90. The fourth-order valence-corrected chi connectivity index (χ4v) is 6.46. The molecule has 3 aromatic rings. The first-order chi connectivity index (χ1) is 18.7. The molecule has 17 heteroatoms. The summed E-state index contributed by atoms with van der Waals surface area (Å²) in [6, 6.07) is 0. The van der Waals surface area contributed by atoms with Crippen LogP contribution in [0, 0.1) is 0 Å². The van der Waals surface area contributed by atoms with Gasteiger partial charge < -0.3 is 5.11 Å². The molecule has 0 N–H and O–H groups in total. The molecule has 0 radical (unpaired) electrons. The molecule has 0 aliphatic heterocycles. The summed E-state index contributed by atoms with van der Waals surface area (Å²) in [5.74, 6) is 0. The van der Waals surface area contributed by atoms with Crippen molar-refractivity contribution in [2.45, 2.75) is 84.2 Å². The summed E-state index contributed by atoms with van der Waals surface area (Å²) >= 11 is 0. The van der Waals surface area contributed by atoms with Crippen molar-refractivity contribution in [2.24, 2.45) is 0 Å². The number of aromatic nitrogens is 6. The maximum absolute atomic E-state index is 11.2. The van der Waals surface area contributed by atoms with Crippen LogP contribution in [0.2, 0.25) is 0 Å². The summed E-state index contributed by atoms with van der Waals surface area (Å²) in [5, 5.41) is 21.9. The maximum atomic E-state index is 11.2. The second kappa shape index (κ2) is 14.5. The zero-order valence-electron chi connectivity index (χ0n) is 25.4. The molecule has 6 rings (SSSR count). The van der Waals surface area contributed by atoms with Crippen molar-refractivity contribution in [3.05, 3.63) is 52.4 Å². The molecule has 3 aliphatic carbocycles. The van der Waals surface area contributed by atoms with E-state index in [4.69, 9.17) is 0 Å². The molecule has 0 unspecified atom stereocenters. The molecule has 0 aromatic carbocycles. The zero-order valence-corrected chi connectivity index (χ0v) is 30.9. The van der Waals surface area contributed by atoms with Crippen LogP contribution in [-0.2, 0) is 68.6 Å². The Bertz CT molecular complexity index is 1570. The summed E-state index contributed by atoms with van der Waals surface area (Å²) in [4.78, 5) is 0. The molecular formula is C25H39KN6O7S3. The number of hydrogen-bond acceptors (Lipinski definition) is 10. The molecule has 0 bridgehead atoms. The number of rotatable bonds is 3. The van der Waals surface area contributed by atoms with Crippen molar-refractivity contribution in [2.75, 3.05) is 18.8 Å². The predicted molar refractivity (Wildman–Crippen MR) is 153 cm³/mol. The summed E-state index contributed by atoms with van der Waals surface area (Å²) < 4.78 is 69.7. The van der Waals surface area contributed by atoms with Crippen LogP contribution < -0.4 is 56.5 Å². The molecular weight excluding hydrogens is 632 g/mol. The van der Waals surface area contributed by atoms with Gasteiger partial charge in [-0.15, -0.1) is 5.60 Å². The normalized spacial score (nSPS) is 15.5. The Morgan fingerprint density at radius 2 is 1.05 bits per heavy atom. The predicted octanol–water partition coefficient (Wildman–Crippen LogP) is -2.31. The largest absolute Gasteiger partial charge is 1.00 e. The van der Waals surface area contributed by atoms with Gasteiger partial charge in [-0.1, -0.05) is 20.8 Å². The maximum Gasteiger partial charge on any atom is 1.00 e. The van der Waals surface area contributed by atoms with E-state index in [9.17, 15) is 30.4 Å². The summed E-state index contributed by atoms with van der Waals surface area (Å²) in [7, 11) is -9.53.